The van der Waals surface area contributed by atoms with Gasteiger partial charge >= 0.3 is 26.2 Å². The average Bonchev–Trinajstić information content (AvgIpc) is 2.59. The van der Waals surface area contributed by atoms with E-state index in [0.717, 1.165) is 35.6 Å². The molecule has 0 amide bonds. The van der Waals surface area contributed by atoms with Crippen LogP contribution in [0.25, 0.3) is 0 Å². The Hall–Kier alpha value is 1.90. The van der Waals surface area contributed by atoms with E-state index in [1.807, 2.05) is 0 Å². The molecule has 5 heteroatoms. The van der Waals surface area contributed by atoms with Crippen LogP contribution in [0.2, 0.25) is 0 Å². The first-order valence-electron chi connectivity index (χ1n) is 6.90. The summed E-state index contributed by atoms with van der Waals surface area (Å²) in [5.74, 6) is 4.62. The monoisotopic (exact) mass is 444 g/mol. The van der Waals surface area contributed by atoms with E-state index in [-0.39, 0.29) is 51.0 Å². The predicted molar refractivity (Wildman–Crippen MR) is 71.2 cm³/mol. The molecule has 3 aliphatic rings. The summed E-state index contributed by atoms with van der Waals surface area (Å²) in [5, 5.41) is 3.77. The summed E-state index contributed by atoms with van der Waals surface area (Å²) in [6.45, 7) is 4.91. The summed E-state index contributed by atoms with van der Waals surface area (Å²) in [4.78, 5) is 0.566. The van der Waals surface area contributed by atoms with Crippen LogP contribution < -0.4 is 30.1 Å². The van der Waals surface area contributed by atoms with E-state index in [1.54, 1.807) is 0 Å². The zero-order valence-electron chi connectivity index (χ0n) is 11.6. The molecule has 3 fully saturated rings. The molecule has 109 valence electrons. The van der Waals surface area contributed by atoms with Gasteiger partial charge in [0.1, 0.15) is 0 Å². The quantitative estimate of drug-likeness (QED) is 0.248. The van der Waals surface area contributed by atoms with Crippen LogP contribution in [-0.4, -0.2) is 11.0 Å². The van der Waals surface area contributed by atoms with E-state index in [9.17, 15) is 0 Å². The van der Waals surface area contributed by atoms with Crippen molar-refractivity contribution >= 4 is 15.9 Å². The molecule has 0 bridgehead atoms. The maximum absolute atomic E-state index is 3.77. The molecule has 1 nitrogen and oxygen atoms in total. The van der Waals surface area contributed by atoms with Crippen LogP contribution in [0.3, 0.4) is 0 Å². The van der Waals surface area contributed by atoms with E-state index in [0.29, 0.717) is 4.95 Å². The molecule has 7 unspecified atom stereocenters. The molecule has 1 saturated heterocycles. The molecule has 2 aliphatic carbocycles. The van der Waals surface area contributed by atoms with Crippen LogP contribution >= 0.6 is 15.9 Å². The molecule has 0 aromatic heterocycles. The van der Waals surface area contributed by atoms with Crippen LogP contribution in [0, 0.1) is 36.0 Å². The SMILES string of the molecule is CC1[CH-]C2CC3NC(Br)CCC3C(C)C2C1.[Cl-].[Cl-].[Zr+3]. The fourth-order valence-electron chi connectivity index (χ4n) is 4.57. The van der Waals surface area contributed by atoms with E-state index < -0.39 is 0 Å². The molecular formula is C14H23BrCl2NZr. The average molecular weight is 447 g/mol. The molecule has 1 N–H and O–H groups in total. The van der Waals surface area contributed by atoms with Gasteiger partial charge in [-0.1, -0.05) is 48.5 Å². The normalized spacial score (nSPS) is 47.8. The first-order chi connectivity index (χ1) is 7.65. The fraction of sp³-hybridized carbons (Fsp3) is 0.929. The first-order valence-corrected chi connectivity index (χ1v) is 7.82. The van der Waals surface area contributed by atoms with Crippen molar-refractivity contribution in [3.63, 3.8) is 0 Å². The largest absolute Gasteiger partial charge is 3.00 e. The predicted octanol–water partition coefficient (Wildman–Crippen LogP) is -2.40. The maximum Gasteiger partial charge on any atom is 3.00 e. The molecule has 0 spiro atoms. The molecule has 3 rings (SSSR count). The third kappa shape index (κ3) is 4.22. The Morgan fingerprint density at radius 1 is 1.05 bits per heavy atom. The van der Waals surface area contributed by atoms with Gasteiger partial charge in [0.15, 0.2) is 0 Å². The van der Waals surface area contributed by atoms with Gasteiger partial charge < -0.3 is 36.6 Å². The van der Waals surface area contributed by atoms with Crippen LogP contribution in [-0.2, 0) is 26.2 Å². The number of fused-ring (bicyclic) bond motifs is 2. The van der Waals surface area contributed by atoms with Crippen LogP contribution in [0.4, 0.5) is 0 Å². The van der Waals surface area contributed by atoms with Gasteiger partial charge in [-0.15, -0.1) is 0 Å². The van der Waals surface area contributed by atoms with Crippen molar-refractivity contribution in [2.45, 2.75) is 50.5 Å². The Balaban J connectivity index is 0.00000108. The minimum atomic E-state index is 0. The van der Waals surface area contributed by atoms with Crippen LogP contribution in [0.5, 0.6) is 0 Å². The maximum atomic E-state index is 3.77. The summed E-state index contributed by atoms with van der Waals surface area (Å²) in [6.07, 6.45) is 8.21. The van der Waals surface area contributed by atoms with Gasteiger partial charge in [-0.3, -0.25) is 0 Å². The molecule has 0 aromatic carbocycles. The Kier molecular flexibility index (Phi) is 9.37. The molecule has 19 heavy (non-hydrogen) atoms. The second kappa shape index (κ2) is 8.51. The Labute approximate surface area is 157 Å². The molecule has 0 aromatic rings. The first kappa shape index (κ1) is 20.9. The second-order valence-corrected chi connectivity index (χ2v) is 7.42. The van der Waals surface area contributed by atoms with Crippen molar-refractivity contribution in [1.29, 1.82) is 0 Å². The Morgan fingerprint density at radius 3 is 2.42 bits per heavy atom. The molecule has 1 radical (unpaired) electrons. The molecule has 7 atom stereocenters. The molecule has 1 aliphatic heterocycles. The summed E-state index contributed by atoms with van der Waals surface area (Å²) in [5.41, 5.74) is 0. The van der Waals surface area contributed by atoms with Crippen molar-refractivity contribution < 1.29 is 51.0 Å². The molecule has 1 heterocycles. The van der Waals surface area contributed by atoms with E-state index in [2.05, 4.69) is 41.5 Å². The summed E-state index contributed by atoms with van der Waals surface area (Å²) in [6, 6.07) is 0.774. The topological polar surface area (TPSA) is 12.0 Å². The van der Waals surface area contributed by atoms with Gasteiger partial charge in [0.05, 0.1) is 4.95 Å². The summed E-state index contributed by atoms with van der Waals surface area (Å²) < 4.78 is 0. The Bertz CT molecular complexity index is 280. The minimum absolute atomic E-state index is 0. The summed E-state index contributed by atoms with van der Waals surface area (Å²) >= 11 is 3.73. The van der Waals surface area contributed by atoms with Gasteiger partial charge in [-0.05, 0) is 24.7 Å². The van der Waals surface area contributed by atoms with E-state index in [1.165, 1.54) is 25.7 Å². The molecular weight excluding hydrogens is 424 g/mol. The zero-order valence-corrected chi connectivity index (χ0v) is 17.1. The number of alkyl halides is 1. The zero-order chi connectivity index (χ0) is 11.3. The number of nitrogens with one attached hydrogen (secondary N) is 1. The number of hydrogen-bond donors (Lipinski definition) is 1. The third-order valence-corrected chi connectivity index (χ3v) is 6.03. The van der Waals surface area contributed by atoms with Crippen LogP contribution in [0.1, 0.15) is 39.5 Å². The third-order valence-electron chi connectivity index (χ3n) is 5.31. The van der Waals surface area contributed by atoms with Crippen molar-refractivity contribution in [3.05, 3.63) is 6.42 Å². The smallest absolute Gasteiger partial charge is 1.00 e. The van der Waals surface area contributed by atoms with Gasteiger partial charge in [0.25, 0.3) is 0 Å². The number of rotatable bonds is 0. The van der Waals surface area contributed by atoms with Crippen molar-refractivity contribution in [1.82, 2.24) is 5.32 Å². The van der Waals surface area contributed by atoms with Crippen molar-refractivity contribution in [2.75, 3.05) is 0 Å². The second-order valence-electron chi connectivity index (χ2n) is 6.31. The van der Waals surface area contributed by atoms with Gasteiger partial charge in [0, 0.05) is 6.04 Å². The summed E-state index contributed by atoms with van der Waals surface area (Å²) in [7, 11) is 0. The van der Waals surface area contributed by atoms with Gasteiger partial charge in [-0.2, -0.15) is 11.8 Å². The Morgan fingerprint density at radius 2 is 1.74 bits per heavy atom. The number of halogens is 3. The number of piperidine rings is 1. The van der Waals surface area contributed by atoms with Crippen LogP contribution in [0.15, 0.2) is 0 Å². The minimum Gasteiger partial charge on any atom is -1.00 e. The van der Waals surface area contributed by atoms with E-state index >= 15 is 0 Å². The van der Waals surface area contributed by atoms with E-state index in [4.69, 9.17) is 0 Å². The molecule has 2 saturated carbocycles. The standard InChI is InChI=1S/C14H23BrN.2ClH.Zr/c1-8-5-10-7-13-11(3-4-14(15)16-13)9(2)12(10)6-8;;;/h5,8-14,16H,3-4,6-7H2,1-2H3;2*1H;/q-1;;;+3/p-2. The van der Waals surface area contributed by atoms with Gasteiger partial charge in [0.2, 0.25) is 0 Å². The number of hydrogen-bond acceptors (Lipinski definition) is 1. The fourth-order valence-corrected chi connectivity index (χ4v) is 5.17. The van der Waals surface area contributed by atoms with Crippen molar-refractivity contribution in [3.8, 4) is 0 Å². The van der Waals surface area contributed by atoms with Crippen molar-refractivity contribution in [2.24, 2.45) is 29.6 Å². The van der Waals surface area contributed by atoms with Gasteiger partial charge in [-0.25, -0.2) is 0 Å².